The number of carbonyl (C=O) groups is 8. The van der Waals surface area contributed by atoms with Gasteiger partial charge in [0.2, 0.25) is 0 Å². The maximum Gasteiger partial charge on any atom is 0.328 e. The van der Waals surface area contributed by atoms with Gasteiger partial charge in [-0.2, -0.15) is 0 Å². The summed E-state index contributed by atoms with van der Waals surface area (Å²) < 4.78 is 5.91. The minimum atomic E-state index is -1.26. The fraction of sp³-hybridized carbons (Fsp3) is 0.289. The molecule has 2 aliphatic rings. The van der Waals surface area contributed by atoms with Crippen molar-refractivity contribution in [3.8, 4) is 11.1 Å². The van der Waals surface area contributed by atoms with Crippen LogP contribution in [-0.4, -0.2) is 187 Å². The highest BCUT2D eigenvalue weighted by atomic mass is 16.6. The molecule has 0 radical (unpaired) electrons. The Morgan fingerprint density at radius 3 is 1.26 bits per heavy atom. The zero-order valence-electron chi connectivity index (χ0n) is 37.2. The summed E-state index contributed by atoms with van der Waals surface area (Å²) in [7, 11) is 0. The molecule has 24 heteroatoms. The largest absolute Gasteiger partial charge is 0.478 e. The normalized spacial score (nSPS) is 13.8. The van der Waals surface area contributed by atoms with Gasteiger partial charge in [0.15, 0.2) is 0 Å². The summed E-state index contributed by atoms with van der Waals surface area (Å²) in [5, 5.41) is 74.6. The Morgan fingerprint density at radius 1 is 0.536 bits per heavy atom. The van der Waals surface area contributed by atoms with Gasteiger partial charge in [0.1, 0.15) is 0 Å². The average Bonchev–Trinajstić information content (AvgIpc) is 3.29. The van der Waals surface area contributed by atoms with Crippen LogP contribution in [0, 0.1) is 10.1 Å². The SMILES string of the molecule is C=CCN1CCN(CCOCc2ccc(-c3ccccc3N3CCN(CC=C)CC3)c([N+](=O)[O-])c2)CC1.O=C(O)/C=C\C(=O)O.O=C(O)/C=C\C(=O)O.O=C(O)/C=C\C(=O)O.O=C(O)/C=C\C(=O)O. The van der Waals surface area contributed by atoms with Gasteiger partial charge in [-0.05, 0) is 17.7 Å². The van der Waals surface area contributed by atoms with E-state index >= 15 is 0 Å². The second-order valence-electron chi connectivity index (χ2n) is 13.7. The summed E-state index contributed by atoms with van der Waals surface area (Å²) in [4.78, 5) is 97.7. The second-order valence-corrected chi connectivity index (χ2v) is 13.7. The van der Waals surface area contributed by atoms with Crippen molar-refractivity contribution in [2.45, 2.75) is 6.61 Å². The maximum absolute atomic E-state index is 12.1. The highest BCUT2D eigenvalue weighted by Gasteiger charge is 2.23. The summed E-state index contributed by atoms with van der Waals surface area (Å²) in [6.45, 7) is 19.1. The van der Waals surface area contributed by atoms with Crippen LogP contribution >= 0.6 is 0 Å². The first-order valence-electron chi connectivity index (χ1n) is 20.2. The van der Waals surface area contributed by atoms with Crippen LogP contribution in [-0.2, 0) is 49.7 Å². The smallest absolute Gasteiger partial charge is 0.328 e. The third kappa shape index (κ3) is 30.5. The molecule has 24 nitrogen and oxygen atoms in total. The average molecular weight is 970 g/mol. The number of carboxylic acids is 8. The molecule has 0 atom stereocenters. The van der Waals surface area contributed by atoms with Crippen molar-refractivity contribution in [2.75, 3.05) is 83.5 Å². The molecule has 2 fully saturated rings. The van der Waals surface area contributed by atoms with E-state index in [1.807, 2.05) is 42.5 Å². The lowest BCUT2D eigenvalue weighted by atomic mass is 9.99. The van der Waals surface area contributed by atoms with Gasteiger partial charge in [0.25, 0.3) is 5.69 Å². The predicted octanol–water partition coefficient (Wildman–Crippen LogP) is 2.74. The number of nitrogens with zero attached hydrogens (tertiary/aromatic N) is 5. The monoisotopic (exact) mass is 969 g/mol. The summed E-state index contributed by atoms with van der Waals surface area (Å²) in [6, 6.07) is 13.5. The first-order chi connectivity index (χ1) is 32.6. The molecule has 0 unspecified atom stereocenters. The first-order valence-corrected chi connectivity index (χ1v) is 20.2. The topological polar surface area (TPSA) is 364 Å². The summed E-state index contributed by atoms with van der Waals surface area (Å²) in [5.74, 6) is -10.1. The van der Waals surface area contributed by atoms with Crippen LogP contribution in [0.2, 0.25) is 0 Å². The number of rotatable bonds is 20. The highest BCUT2D eigenvalue weighted by Crippen LogP contribution is 2.37. The number of benzene rings is 2. The number of nitro groups is 1. The number of piperazine rings is 2. The maximum atomic E-state index is 12.1. The molecule has 4 rings (SSSR count). The molecule has 0 saturated carbocycles. The van der Waals surface area contributed by atoms with E-state index in [0.29, 0.717) is 67.4 Å². The summed E-state index contributed by atoms with van der Waals surface area (Å²) in [5.41, 5.74) is 3.53. The number of para-hydroxylation sites is 1. The number of carboxylic acid groups (broad SMARTS) is 8. The Balaban J connectivity index is 0.00000116. The molecule has 2 saturated heterocycles. The predicted molar refractivity (Wildman–Crippen MR) is 248 cm³/mol. The molecule has 2 heterocycles. The Bertz CT molecular complexity index is 1990. The number of hydrogen-bond donors (Lipinski definition) is 8. The lowest BCUT2D eigenvalue weighted by Gasteiger charge is -2.36. The third-order valence-corrected chi connectivity index (χ3v) is 8.70. The molecule has 0 amide bonds. The molecule has 8 N–H and O–H groups in total. The van der Waals surface area contributed by atoms with Crippen molar-refractivity contribution < 1.29 is 88.9 Å². The molecule has 2 aromatic carbocycles. The van der Waals surface area contributed by atoms with Gasteiger partial charge in [-0.1, -0.05) is 36.4 Å². The van der Waals surface area contributed by atoms with Crippen molar-refractivity contribution in [1.29, 1.82) is 0 Å². The van der Waals surface area contributed by atoms with E-state index in [2.05, 4.69) is 38.8 Å². The Kier molecular flexibility index (Phi) is 30.7. The Morgan fingerprint density at radius 2 is 0.899 bits per heavy atom. The fourth-order valence-electron chi connectivity index (χ4n) is 5.71. The molecule has 69 heavy (non-hydrogen) atoms. The van der Waals surface area contributed by atoms with Crippen LogP contribution in [0.3, 0.4) is 0 Å². The van der Waals surface area contributed by atoms with Crippen LogP contribution in [0.1, 0.15) is 5.56 Å². The fourth-order valence-corrected chi connectivity index (χ4v) is 5.71. The number of ether oxygens (including phenoxy) is 1. The van der Waals surface area contributed by atoms with E-state index in [1.54, 1.807) is 6.07 Å². The van der Waals surface area contributed by atoms with E-state index < -0.39 is 47.8 Å². The zero-order chi connectivity index (χ0) is 52.3. The minimum absolute atomic E-state index is 0.122. The van der Waals surface area contributed by atoms with Crippen LogP contribution in [0.15, 0.2) is 116 Å². The van der Waals surface area contributed by atoms with Crippen molar-refractivity contribution in [3.05, 3.63) is 132 Å². The highest BCUT2D eigenvalue weighted by molar-refractivity contribution is 5.91. The quantitative estimate of drug-likeness (QED) is 0.0311. The lowest BCUT2D eigenvalue weighted by Crippen LogP contribution is -2.47. The standard InChI is InChI=1S/C29H39N5O3.4C4H4O4/c1-3-11-30-13-15-32(16-14-30)21-22-37-24-25-9-10-27(29(23-25)34(35)36)26-7-5-6-8-28(26)33-19-17-31(12-4-2)18-20-33;4*5-3(6)1-2-4(7)8/h3-10,23H,1-2,11-22,24H2;4*1-2H,(H,5,6)(H,7,8)/b;4*2-1-. The van der Waals surface area contributed by atoms with Gasteiger partial charge in [-0.15, -0.1) is 13.2 Å². The second kappa shape index (κ2) is 34.9. The van der Waals surface area contributed by atoms with Crippen molar-refractivity contribution in [2.24, 2.45) is 0 Å². The summed E-state index contributed by atoms with van der Waals surface area (Å²) >= 11 is 0. The third-order valence-electron chi connectivity index (χ3n) is 8.70. The van der Waals surface area contributed by atoms with Gasteiger partial charge >= 0.3 is 47.8 Å². The zero-order valence-corrected chi connectivity index (χ0v) is 37.2. The van der Waals surface area contributed by atoms with Gasteiger partial charge in [0.05, 0.1) is 23.7 Å². The lowest BCUT2D eigenvalue weighted by molar-refractivity contribution is -0.384. The molecule has 374 valence electrons. The molecular formula is C45H55N5O19. The first kappa shape index (κ1) is 60.7. The molecule has 2 aromatic rings. The van der Waals surface area contributed by atoms with Crippen molar-refractivity contribution >= 4 is 59.1 Å². The van der Waals surface area contributed by atoms with Gasteiger partial charge in [-0.3, -0.25) is 24.8 Å². The molecule has 2 aliphatic heterocycles. The molecular weight excluding hydrogens is 915 g/mol. The van der Waals surface area contributed by atoms with E-state index in [1.165, 1.54) is 0 Å². The molecule has 0 bridgehead atoms. The van der Waals surface area contributed by atoms with Crippen LogP contribution < -0.4 is 4.90 Å². The number of anilines is 1. The van der Waals surface area contributed by atoms with E-state index in [9.17, 15) is 48.5 Å². The van der Waals surface area contributed by atoms with Gasteiger partial charge in [-0.25, -0.2) is 38.4 Å². The molecule has 0 aliphatic carbocycles. The van der Waals surface area contributed by atoms with Crippen LogP contribution in [0.4, 0.5) is 11.4 Å². The van der Waals surface area contributed by atoms with Crippen molar-refractivity contribution in [1.82, 2.24) is 14.7 Å². The number of hydrogen-bond acceptors (Lipinski definition) is 15. The van der Waals surface area contributed by atoms with Crippen LogP contribution in [0.25, 0.3) is 11.1 Å². The van der Waals surface area contributed by atoms with E-state index in [4.69, 9.17) is 45.6 Å². The van der Waals surface area contributed by atoms with Gasteiger partial charge < -0.3 is 50.5 Å². The number of aliphatic carboxylic acids is 8. The van der Waals surface area contributed by atoms with E-state index in [-0.39, 0.29) is 10.6 Å². The van der Waals surface area contributed by atoms with E-state index in [0.717, 1.165) is 88.8 Å². The van der Waals surface area contributed by atoms with Crippen molar-refractivity contribution in [3.63, 3.8) is 0 Å². The number of nitro benzene ring substituents is 1. The molecule has 0 aromatic heterocycles. The minimum Gasteiger partial charge on any atom is -0.478 e. The van der Waals surface area contributed by atoms with Crippen LogP contribution in [0.5, 0.6) is 0 Å². The Hall–Kier alpha value is -8.32. The summed E-state index contributed by atoms with van der Waals surface area (Å²) in [6.07, 6.45) is 8.35. The van der Waals surface area contributed by atoms with Gasteiger partial charge in [0, 0.05) is 138 Å². The Labute approximate surface area is 395 Å². The molecule has 0 spiro atoms.